The normalized spacial score (nSPS) is 9.35. The molecule has 0 aromatic carbocycles. The van der Waals surface area contributed by atoms with Crippen molar-refractivity contribution in [3.63, 3.8) is 0 Å². The average Bonchev–Trinajstić information content (AvgIpc) is 2.53. The summed E-state index contributed by atoms with van der Waals surface area (Å²) in [6.07, 6.45) is 24.8. The Morgan fingerprint density at radius 2 is 0.826 bits per heavy atom. The summed E-state index contributed by atoms with van der Waals surface area (Å²) in [7, 11) is 0. The van der Waals surface area contributed by atoms with Crippen LogP contribution < -0.4 is 0 Å². The van der Waals surface area contributed by atoms with Gasteiger partial charge in [0.1, 0.15) is 0 Å². The van der Waals surface area contributed by atoms with Gasteiger partial charge in [0.2, 0.25) is 0 Å². The summed E-state index contributed by atoms with van der Waals surface area (Å²) in [6.45, 7) is 10.0. The van der Waals surface area contributed by atoms with Crippen molar-refractivity contribution >= 4 is 0 Å². The van der Waals surface area contributed by atoms with E-state index in [4.69, 9.17) is 0 Å². The predicted octanol–water partition coefficient (Wildman–Crippen LogP) is 7.79. The highest BCUT2D eigenvalue weighted by Crippen LogP contribution is 2.13. The van der Waals surface area contributed by atoms with Gasteiger partial charge in [-0.15, -0.1) is 5.73 Å². The highest BCUT2D eigenvalue weighted by molar-refractivity contribution is 4.72. The summed E-state index contributed by atoms with van der Waals surface area (Å²) in [5, 5.41) is 0. The molecule has 0 saturated carbocycles. The van der Waals surface area contributed by atoms with Crippen LogP contribution in [0.15, 0.2) is 18.4 Å². The first-order valence-electron chi connectivity index (χ1n) is 10.2. The number of unbranched alkanes of at least 4 members (excludes halogenated alkanes) is 14. The lowest BCUT2D eigenvalue weighted by Crippen LogP contribution is -1.82. The third-order valence-electron chi connectivity index (χ3n) is 4.06. The van der Waals surface area contributed by atoms with Crippen LogP contribution in [0.2, 0.25) is 0 Å². The fraction of sp³-hybridized carbons (Fsp3) is 0.864. The minimum Gasteiger partial charge on any atom is -0.412 e. The van der Waals surface area contributed by atoms with E-state index in [1.165, 1.54) is 96.3 Å². The summed E-state index contributed by atoms with van der Waals surface area (Å²) in [5.41, 5.74) is 2.64. The van der Waals surface area contributed by atoms with Crippen molar-refractivity contribution < 1.29 is 5.48 Å². The molecule has 0 fully saturated rings. The van der Waals surface area contributed by atoms with E-state index >= 15 is 0 Å². The first-order chi connectivity index (χ1) is 10.8. The van der Waals surface area contributed by atoms with Crippen LogP contribution in [0.3, 0.4) is 0 Å². The van der Waals surface area contributed by atoms with E-state index in [1.807, 2.05) is 6.08 Å². The van der Waals surface area contributed by atoms with E-state index in [0.29, 0.717) is 0 Å². The first kappa shape index (κ1) is 27.3. The van der Waals surface area contributed by atoms with Crippen LogP contribution >= 0.6 is 0 Å². The van der Waals surface area contributed by atoms with Crippen LogP contribution in [0.4, 0.5) is 0 Å². The second kappa shape index (κ2) is 29.5. The second-order valence-electron chi connectivity index (χ2n) is 6.41. The molecule has 0 spiro atoms. The zero-order valence-electron chi connectivity index (χ0n) is 16.6. The maximum absolute atomic E-state index is 3.37. The molecule has 0 amide bonds. The summed E-state index contributed by atoms with van der Waals surface area (Å²) in [5.74, 6) is 0. The van der Waals surface area contributed by atoms with E-state index < -0.39 is 0 Å². The zero-order chi connectivity index (χ0) is 16.7. The Hall–Kier alpha value is -0.520. The molecule has 2 N–H and O–H groups in total. The Balaban J connectivity index is -0.000000578. The number of hydrogen-bond donors (Lipinski definition) is 0. The molecule has 1 heteroatoms. The third kappa shape index (κ3) is 34.0. The van der Waals surface area contributed by atoms with Gasteiger partial charge >= 0.3 is 0 Å². The Morgan fingerprint density at radius 3 is 0.957 bits per heavy atom. The Kier molecular flexibility index (Phi) is 35.0. The molecular weight excluding hydrogens is 280 g/mol. The molecule has 140 valence electrons. The van der Waals surface area contributed by atoms with Crippen molar-refractivity contribution in [2.75, 3.05) is 0 Å². The number of hydrogen-bond acceptors (Lipinski definition) is 0. The maximum Gasteiger partial charge on any atom is -0.0303 e. The number of rotatable bonds is 15. The highest BCUT2D eigenvalue weighted by atomic mass is 16.0. The maximum atomic E-state index is 3.37. The van der Waals surface area contributed by atoms with Gasteiger partial charge in [0.25, 0.3) is 0 Å². The lowest BCUT2D eigenvalue weighted by molar-refractivity contribution is 0.534. The van der Waals surface area contributed by atoms with Gasteiger partial charge in [0, 0.05) is 0 Å². The summed E-state index contributed by atoms with van der Waals surface area (Å²) in [4.78, 5) is 0. The average molecular weight is 327 g/mol. The van der Waals surface area contributed by atoms with E-state index in [0.717, 1.165) is 6.42 Å². The molecule has 0 atom stereocenters. The molecule has 0 aliphatic carbocycles. The zero-order valence-corrected chi connectivity index (χ0v) is 16.6. The molecule has 0 aliphatic rings. The lowest BCUT2D eigenvalue weighted by atomic mass is 10.0. The van der Waals surface area contributed by atoms with Crippen molar-refractivity contribution in [1.82, 2.24) is 0 Å². The largest absolute Gasteiger partial charge is 0.412 e. The summed E-state index contributed by atoms with van der Waals surface area (Å²) in [6, 6.07) is 0. The molecule has 0 saturated heterocycles. The molecule has 23 heavy (non-hydrogen) atoms. The van der Waals surface area contributed by atoms with Crippen molar-refractivity contribution in [2.24, 2.45) is 0 Å². The predicted molar refractivity (Wildman–Crippen MR) is 108 cm³/mol. The van der Waals surface area contributed by atoms with E-state index in [1.54, 1.807) is 0 Å². The van der Waals surface area contributed by atoms with Gasteiger partial charge in [-0.25, -0.2) is 0 Å². The molecule has 0 unspecified atom stereocenters. The summed E-state index contributed by atoms with van der Waals surface area (Å²) >= 11 is 0. The molecule has 0 aromatic heterocycles. The molecule has 0 heterocycles. The van der Waals surface area contributed by atoms with Gasteiger partial charge < -0.3 is 5.48 Å². The van der Waals surface area contributed by atoms with Gasteiger partial charge in [-0.1, -0.05) is 124 Å². The second-order valence-corrected chi connectivity index (χ2v) is 6.41. The standard InChI is InChI=1S/C17H36.C5H8.H2O/c1-3-5-7-9-11-13-15-17-16-14-12-10-8-6-4-2;1-3-5-4-2;/h3-17H2,1-2H3;5H,1,4H2,2H3;1H2. The molecule has 1 nitrogen and oxygen atoms in total. The smallest absolute Gasteiger partial charge is 0.0303 e. The van der Waals surface area contributed by atoms with Gasteiger partial charge in [-0.05, 0) is 12.5 Å². The molecule has 0 aliphatic heterocycles. The van der Waals surface area contributed by atoms with Crippen LogP contribution in [0.25, 0.3) is 0 Å². The van der Waals surface area contributed by atoms with Crippen molar-refractivity contribution in [3.8, 4) is 0 Å². The van der Waals surface area contributed by atoms with E-state index in [-0.39, 0.29) is 5.48 Å². The fourth-order valence-corrected chi connectivity index (χ4v) is 2.59. The molecule has 0 rings (SSSR count). The number of allylic oxidation sites excluding steroid dienone is 1. The highest BCUT2D eigenvalue weighted by Gasteiger charge is 1.93. The van der Waals surface area contributed by atoms with Gasteiger partial charge in [0.05, 0.1) is 0 Å². The van der Waals surface area contributed by atoms with Gasteiger partial charge in [-0.2, -0.15) is 0 Å². The first-order valence-corrected chi connectivity index (χ1v) is 10.2. The van der Waals surface area contributed by atoms with E-state index in [9.17, 15) is 0 Å². The van der Waals surface area contributed by atoms with E-state index in [2.05, 4.69) is 33.1 Å². The van der Waals surface area contributed by atoms with Gasteiger partial charge in [0.15, 0.2) is 0 Å². The Morgan fingerprint density at radius 1 is 0.565 bits per heavy atom. The van der Waals surface area contributed by atoms with Crippen LogP contribution in [0.1, 0.15) is 124 Å². The fourth-order valence-electron chi connectivity index (χ4n) is 2.59. The quantitative estimate of drug-likeness (QED) is 0.217. The SMILES string of the molecule is C=C=CCC.CCCCCCCCCCCCCCCCC.O. The lowest BCUT2D eigenvalue weighted by Gasteiger charge is -2.02. The minimum atomic E-state index is 0. The topological polar surface area (TPSA) is 31.5 Å². The van der Waals surface area contributed by atoms with Crippen LogP contribution in [0.5, 0.6) is 0 Å². The van der Waals surface area contributed by atoms with Crippen molar-refractivity contribution in [3.05, 3.63) is 18.4 Å². The van der Waals surface area contributed by atoms with Crippen LogP contribution in [-0.4, -0.2) is 5.48 Å². The molecule has 0 radical (unpaired) electrons. The minimum absolute atomic E-state index is 0. The Bertz CT molecular complexity index is 202. The molecule has 0 aromatic rings. The summed E-state index contributed by atoms with van der Waals surface area (Å²) < 4.78 is 0. The monoisotopic (exact) mass is 326 g/mol. The van der Waals surface area contributed by atoms with Crippen molar-refractivity contribution in [2.45, 2.75) is 124 Å². The van der Waals surface area contributed by atoms with Gasteiger partial charge in [-0.3, -0.25) is 0 Å². The third-order valence-corrected chi connectivity index (χ3v) is 4.06. The Labute approximate surface area is 148 Å². The van der Waals surface area contributed by atoms with Crippen molar-refractivity contribution in [1.29, 1.82) is 0 Å². The van der Waals surface area contributed by atoms with Crippen LogP contribution in [0, 0.1) is 0 Å². The van der Waals surface area contributed by atoms with Crippen LogP contribution in [-0.2, 0) is 0 Å². The molecular formula is C22H46O. The molecule has 0 bridgehead atoms.